The van der Waals surface area contributed by atoms with Crippen LogP contribution >= 0.6 is 11.3 Å². The number of rotatable bonds is 2. The summed E-state index contributed by atoms with van der Waals surface area (Å²) in [6.07, 6.45) is 2.88. The van der Waals surface area contributed by atoms with Crippen LogP contribution < -0.4 is 0 Å². The first-order chi connectivity index (χ1) is 7.70. The molecule has 2 heterocycles. The van der Waals surface area contributed by atoms with Crippen molar-refractivity contribution >= 4 is 17.3 Å². The van der Waals surface area contributed by atoms with Crippen LogP contribution in [-0.2, 0) is 0 Å². The van der Waals surface area contributed by atoms with Gasteiger partial charge in [0.05, 0.1) is 5.56 Å². The second kappa shape index (κ2) is 4.13. The lowest BCUT2D eigenvalue weighted by molar-refractivity contribution is 0.0696. The quantitative estimate of drug-likeness (QED) is 0.859. The molecular formula is C11H6N2O2S. The van der Waals surface area contributed by atoms with Crippen molar-refractivity contribution in [2.75, 3.05) is 0 Å². The fraction of sp³-hybridized carbons (Fsp3) is 0. The van der Waals surface area contributed by atoms with E-state index >= 15 is 0 Å². The van der Waals surface area contributed by atoms with Crippen molar-refractivity contribution in [1.82, 2.24) is 4.98 Å². The molecule has 4 nitrogen and oxygen atoms in total. The van der Waals surface area contributed by atoms with Gasteiger partial charge in [0, 0.05) is 22.8 Å². The average molecular weight is 230 g/mol. The highest BCUT2D eigenvalue weighted by molar-refractivity contribution is 7.16. The number of carboxylic acids is 1. The van der Waals surface area contributed by atoms with E-state index in [1.54, 1.807) is 24.4 Å². The molecule has 2 rings (SSSR count). The fourth-order valence-corrected chi connectivity index (χ4v) is 2.03. The van der Waals surface area contributed by atoms with Gasteiger partial charge in [0.25, 0.3) is 0 Å². The van der Waals surface area contributed by atoms with Gasteiger partial charge in [-0.3, -0.25) is 4.98 Å². The van der Waals surface area contributed by atoms with Crippen molar-refractivity contribution in [2.24, 2.45) is 0 Å². The molecule has 0 aromatic carbocycles. The smallest absolute Gasteiger partial charge is 0.337 e. The summed E-state index contributed by atoms with van der Waals surface area (Å²) in [5.41, 5.74) is 0.857. The van der Waals surface area contributed by atoms with Crippen LogP contribution in [0.5, 0.6) is 0 Å². The molecular weight excluding hydrogens is 224 g/mol. The van der Waals surface area contributed by atoms with Crippen LogP contribution in [0.2, 0.25) is 0 Å². The maximum atomic E-state index is 10.8. The highest BCUT2D eigenvalue weighted by Crippen LogP contribution is 2.27. The van der Waals surface area contributed by atoms with Crippen LogP contribution in [0, 0.1) is 11.3 Å². The Morgan fingerprint density at radius 2 is 2.25 bits per heavy atom. The monoisotopic (exact) mass is 230 g/mol. The molecule has 0 radical (unpaired) electrons. The standard InChI is InChI=1S/C11H6N2O2S/c12-4-9-1-2-10(16-9)7-3-8(11(14)15)6-13-5-7/h1-3,5-6H,(H,14,15). The molecule has 16 heavy (non-hydrogen) atoms. The van der Waals surface area contributed by atoms with Gasteiger partial charge in [-0.1, -0.05) is 0 Å². The number of carbonyl (C=O) groups is 1. The molecule has 78 valence electrons. The lowest BCUT2D eigenvalue weighted by atomic mass is 10.2. The van der Waals surface area contributed by atoms with Gasteiger partial charge in [0.15, 0.2) is 0 Å². The van der Waals surface area contributed by atoms with Crippen molar-refractivity contribution in [2.45, 2.75) is 0 Å². The number of carboxylic acid groups (broad SMARTS) is 1. The number of pyridine rings is 1. The SMILES string of the molecule is N#Cc1ccc(-c2cncc(C(=O)O)c2)s1. The van der Waals surface area contributed by atoms with Gasteiger partial charge in [-0.05, 0) is 18.2 Å². The molecule has 2 aromatic heterocycles. The van der Waals surface area contributed by atoms with Crippen molar-refractivity contribution in [3.05, 3.63) is 41.0 Å². The zero-order valence-electron chi connectivity index (χ0n) is 8.04. The average Bonchev–Trinajstić information content (AvgIpc) is 2.77. The third kappa shape index (κ3) is 1.92. The van der Waals surface area contributed by atoms with E-state index in [2.05, 4.69) is 4.98 Å². The molecule has 0 saturated heterocycles. The van der Waals surface area contributed by atoms with Gasteiger partial charge in [-0.2, -0.15) is 5.26 Å². The van der Waals surface area contributed by atoms with E-state index in [0.29, 0.717) is 10.4 Å². The summed E-state index contributed by atoms with van der Waals surface area (Å²) in [4.78, 5) is 16.1. The van der Waals surface area contributed by atoms with E-state index in [9.17, 15) is 4.79 Å². The fourth-order valence-electron chi connectivity index (χ4n) is 1.24. The van der Waals surface area contributed by atoms with Crippen LogP contribution in [0.15, 0.2) is 30.6 Å². The molecule has 0 fully saturated rings. The predicted molar refractivity (Wildman–Crippen MR) is 59.2 cm³/mol. The van der Waals surface area contributed by atoms with Gasteiger partial charge >= 0.3 is 5.97 Å². The van der Waals surface area contributed by atoms with Crippen molar-refractivity contribution in [3.8, 4) is 16.5 Å². The molecule has 2 aromatic rings. The zero-order valence-corrected chi connectivity index (χ0v) is 8.86. The van der Waals surface area contributed by atoms with Crippen LogP contribution in [-0.4, -0.2) is 16.1 Å². The summed E-state index contributed by atoms with van der Waals surface area (Å²) < 4.78 is 0. The van der Waals surface area contributed by atoms with Gasteiger partial charge in [-0.25, -0.2) is 4.79 Å². The van der Waals surface area contributed by atoms with E-state index in [1.807, 2.05) is 6.07 Å². The Balaban J connectivity index is 2.44. The highest BCUT2D eigenvalue weighted by Gasteiger charge is 2.07. The van der Waals surface area contributed by atoms with Crippen LogP contribution in [0.25, 0.3) is 10.4 Å². The van der Waals surface area contributed by atoms with Crippen LogP contribution in [0.1, 0.15) is 15.2 Å². The molecule has 0 amide bonds. The first kappa shape index (κ1) is 10.3. The van der Waals surface area contributed by atoms with Gasteiger partial charge in [0.2, 0.25) is 0 Å². The summed E-state index contributed by atoms with van der Waals surface area (Å²) in [7, 11) is 0. The third-order valence-electron chi connectivity index (χ3n) is 1.99. The minimum atomic E-state index is -1.01. The lowest BCUT2D eigenvalue weighted by Gasteiger charge is -1.98. The second-order valence-electron chi connectivity index (χ2n) is 3.04. The predicted octanol–water partition coefficient (Wildman–Crippen LogP) is 2.38. The topological polar surface area (TPSA) is 74.0 Å². The Labute approximate surface area is 95.4 Å². The Morgan fingerprint density at radius 3 is 2.88 bits per heavy atom. The number of hydrogen-bond acceptors (Lipinski definition) is 4. The molecule has 0 saturated carbocycles. The molecule has 5 heteroatoms. The largest absolute Gasteiger partial charge is 0.478 e. The second-order valence-corrected chi connectivity index (χ2v) is 4.13. The third-order valence-corrected chi connectivity index (χ3v) is 3.02. The lowest BCUT2D eigenvalue weighted by Crippen LogP contribution is -1.96. The van der Waals surface area contributed by atoms with Gasteiger partial charge < -0.3 is 5.11 Å². The van der Waals surface area contributed by atoms with Crippen molar-refractivity contribution in [1.29, 1.82) is 5.26 Å². The first-order valence-corrected chi connectivity index (χ1v) is 5.21. The first-order valence-electron chi connectivity index (χ1n) is 4.39. The van der Waals surface area contributed by atoms with E-state index in [-0.39, 0.29) is 5.56 Å². The summed E-state index contributed by atoms with van der Waals surface area (Å²) >= 11 is 1.31. The molecule has 0 aliphatic rings. The number of hydrogen-bond donors (Lipinski definition) is 1. The number of thiophene rings is 1. The Hall–Kier alpha value is -2.19. The van der Waals surface area contributed by atoms with Gasteiger partial charge in [0.1, 0.15) is 10.9 Å². The van der Waals surface area contributed by atoms with Crippen molar-refractivity contribution in [3.63, 3.8) is 0 Å². The summed E-state index contributed by atoms with van der Waals surface area (Å²) in [5, 5.41) is 17.5. The Bertz CT molecular complexity index is 584. The Kier molecular flexibility index (Phi) is 2.66. The normalized spacial score (nSPS) is 9.69. The van der Waals surface area contributed by atoms with Crippen LogP contribution in [0.3, 0.4) is 0 Å². The van der Waals surface area contributed by atoms with E-state index < -0.39 is 5.97 Å². The molecule has 1 N–H and O–H groups in total. The molecule has 0 bridgehead atoms. The number of aromatic nitrogens is 1. The maximum Gasteiger partial charge on any atom is 0.337 e. The minimum Gasteiger partial charge on any atom is -0.478 e. The van der Waals surface area contributed by atoms with E-state index in [1.165, 1.54) is 17.5 Å². The van der Waals surface area contributed by atoms with E-state index in [4.69, 9.17) is 10.4 Å². The highest BCUT2D eigenvalue weighted by atomic mass is 32.1. The van der Waals surface area contributed by atoms with Gasteiger partial charge in [-0.15, -0.1) is 11.3 Å². The maximum absolute atomic E-state index is 10.8. The molecule has 0 atom stereocenters. The summed E-state index contributed by atoms with van der Waals surface area (Å²) in [6, 6.07) is 7.07. The molecule has 0 spiro atoms. The molecule has 0 unspecified atom stereocenters. The molecule has 0 aliphatic carbocycles. The zero-order chi connectivity index (χ0) is 11.5. The molecule has 0 aliphatic heterocycles. The van der Waals surface area contributed by atoms with Crippen molar-refractivity contribution < 1.29 is 9.90 Å². The number of aromatic carboxylic acids is 1. The minimum absolute atomic E-state index is 0.143. The van der Waals surface area contributed by atoms with E-state index in [0.717, 1.165) is 4.88 Å². The number of nitriles is 1. The summed E-state index contributed by atoms with van der Waals surface area (Å²) in [5.74, 6) is -1.01. The number of nitrogens with zero attached hydrogens (tertiary/aromatic N) is 2. The Morgan fingerprint density at radius 1 is 1.44 bits per heavy atom. The summed E-state index contributed by atoms with van der Waals surface area (Å²) in [6.45, 7) is 0. The van der Waals surface area contributed by atoms with Crippen LogP contribution in [0.4, 0.5) is 0 Å².